The summed E-state index contributed by atoms with van der Waals surface area (Å²) < 4.78 is 11.4. The van der Waals surface area contributed by atoms with Crippen LogP contribution < -0.4 is 10.1 Å². The highest BCUT2D eigenvalue weighted by atomic mass is 16.5. The Morgan fingerprint density at radius 1 is 1.20 bits per heavy atom. The van der Waals surface area contributed by atoms with Crippen LogP contribution in [0, 0.1) is 13.8 Å². The second-order valence-electron chi connectivity index (χ2n) is 7.86. The number of nitrogens with zero attached hydrogens (tertiary/aromatic N) is 2. The van der Waals surface area contributed by atoms with E-state index in [2.05, 4.69) is 41.4 Å². The fraction of sp³-hybridized carbons (Fsp3) is 0.333. The minimum atomic E-state index is -0.164. The summed E-state index contributed by atoms with van der Waals surface area (Å²) in [6.45, 7) is 8.81. The summed E-state index contributed by atoms with van der Waals surface area (Å²) in [5.74, 6) is 1.31. The molecule has 1 aliphatic rings. The van der Waals surface area contributed by atoms with E-state index in [9.17, 15) is 4.79 Å². The summed E-state index contributed by atoms with van der Waals surface area (Å²) in [5, 5.41) is 7.13. The summed E-state index contributed by atoms with van der Waals surface area (Å²) in [6, 6.07) is 15.9. The van der Waals surface area contributed by atoms with E-state index < -0.39 is 0 Å². The lowest BCUT2D eigenvalue weighted by Crippen LogP contribution is -2.38. The van der Waals surface area contributed by atoms with E-state index in [-0.39, 0.29) is 12.0 Å². The van der Waals surface area contributed by atoms with Crippen molar-refractivity contribution >= 4 is 5.91 Å². The summed E-state index contributed by atoms with van der Waals surface area (Å²) in [5.41, 5.74) is 4.34. The number of ether oxygens (including phenoxy) is 1. The van der Waals surface area contributed by atoms with Gasteiger partial charge in [-0.15, -0.1) is 0 Å². The molecular weight excluding hydrogens is 378 g/mol. The minimum absolute atomic E-state index is 0.0923. The van der Waals surface area contributed by atoms with Crippen LogP contribution in [-0.2, 0) is 6.54 Å². The molecule has 1 atom stereocenters. The van der Waals surface area contributed by atoms with Gasteiger partial charge >= 0.3 is 0 Å². The molecule has 1 unspecified atom stereocenters. The van der Waals surface area contributed by atoms with Gasteiger partial charge in [0.25, 0.3) is 5.91 Å². The van der Waals surface area contributed by atoms with Gasteiger partial charge in [0, 0.05) is 37.3 Å². The first-order valence-corrected chi connectivity index (χ1v) is 10.3. The lowest BCUT2D eigenvalue weighted by Gasteiger charge is -2.22. The molecule has 0 saturated carbocycles. The molecule has 6 heteroatoms. The molecule has 2 heterocycles. The van der Waals surface area contributed by atoms with Crippen LogP contribution in [0.5, 0.6) is 5.75 Å². The van der Waals surface area contributed by atoms with Gasteiger partial charge in [0.15, 0.2) is 0 Å². The van der Waals surface area contributed by atoms with Gasteiger partial charge in [-0.05, 0) is 26.8 Å². The number of amides is 1. The number of hydrogen-bond acceptors (Lipinski definition) is 5. The van der Waals surface area contributed by atoms with E-state index >= 15 is 0 Å². The predicted molar refractivity (Wildman–Crippen MR) is 116 cm³/mol. The third kappa shape index (κ3) is 4.39. The lowest BCUT2D eigenvalue weighted by atomic mass is 10.1. The largest absolute Gasteiger partial charge is 0.489 e. The summed E-state index contributed by atoms with van der Waals surface area (Å²) in [6.07, 6.45) is 0.0923. The lowest BCUT2D eigenvalue weighted by molar-refractivity contribution is 0.0943. The van der Waals surface area contributed by atoms with Crippen molar-refractivity contribution in [3.8, 4) is 17.0 Å². The zero-order chi connectivity index (χ0) is 21.1. The molecule has 0 aliphatic carbocycles. The van der Waals surface area contributed by atoms with Crippen molar-refractivity contribution in [3.63, 3.8) is 0 Å². The maximum Gasteiger partial charge on any atom is 0.257 e. The third-order valence-corrected chi connectivity index (χ3v) is 5.30. The molecule has 0 spiro atoms. The fourth-order valence-corrected chi connectivity index (χ4v) is 3.89. The van der Waals surface area contributed by atoms with Crippen molar-refractivity contribution in [1.82, 2.24) is 15.4 Å². The second-order valence-corrected chi connectivity index (χ2v) is 7.86. The van der Waals surface area contributed by atoms with Crippen LogP contribution >= 0.6 is 0 Å². The number of aromatic nitrogens is 1. The van der Waals surface area contributed by atoms with Gasteiger partial charge in [0.1, 0.15) is 28.9 Å². The topological polar surface area (TPSA) is 67.6 Å². The number of hydrogen-bond donors (Lipinski definition) is 1. The van der Waals surface area contributed by atoms with E-state index in [1.165, 1.54) is 11.1 Å². The monoisotopic (exact) mass is 405 g/mol. The molecule has 3 aromatic rings. The van der Waals surface area contributed by atoms with Gasteiger partial charge in [-0.1, -0.05) is 53.2 Å². The molecule has 30 heavy (non-hydrogen) atoms. The van der Waals surface area contributed by atoms with Crippen LogP contribution in [0.4, 0.5) is 0 Å². The average molecular weight is 405 g/mol. The Labute approximate surface area is 176 Å². The molecule has 2 aromatic carbocycles. The summed E-state index contributed by atoms with van der Waals surface area (Å²) in [7, 11) is 0. The highest BCUT2D eigenvalue weighted by Gasteiger charge is 2.23. The third-order valence-electron chi connectivity index (χ3n) is 5.30. The van der Waals surface area contributed by atoms with Crippen LogP contribution in [-0.4, -0.2) is 41.7 Å². The zero-order valence-electron chi connectivity index (χ0n) is 17.6. The molecule has 0 radical (unpaired) electrons. The molecule has 156 valence electrons. The molecule has 1 aromatic heterocycles. The summed E-state index contributed by atoms with van der Waals surface area (Å²) >= 11 is 0. The molecular formula is C24H27N3O3. The Bertz CT molecular complexity index is 1030. The van der Waals surface area contributed by atoms with Gasteiger partial charge in [-0.2, -0.15) is 0 Å². The van der Waals surface area contributed by atoms with Crippen molar-refractivity contribution in [2.75, 3.05) is 19.6 Å². The van der Waals surface area contributed by atoms with Crippen molar-refractivity contribution in [1.29, 1.82) is 0 Å². The van der Waals surface area contributed by atoms with E-state index in [1.807, 2.05) is 36.4 Å². The van der Waals surface area contributed by atoms with E-state index in [0.29, 0.717) is 23.6 Å². The minimum Gasteiger partial charge on any atom is -0.489 e. The Balaban J connectivity index is 1.41. The van der Waals surface area contributed by atoms with E-state index in [4.69, 9.17) is 9.26 Å². The first-order valence-electron chi connectivity index (χ1n) is 10.3. The van der Waals surface area contributed by atoms with E-state index in [1.54, 1.807) is 6.92 Å². The van der Waals surface area contributed by atoms with Gasteiger partial charge in [0.05, 0.1) is 0 Å². The second kappa shape index (κ2) is 8.71. The standard InChI is InChI=1S/C24H27N3O3/c1-16-9-10-21-20(13-16)15-27(14-17(2)29-21)12-11-25-24(28)22-18(3)30-26-23(22)19-7-5-4-6-8-19/h4-10,13,17H,11-12,14-15H2,1-3H3,(H,25,28). The van der Waals surface area contributed by atoms with Gasteiger partial charge in [-0.25, -0.2) is 0 Å². The molecule has 0 bridgehead atoms. The van der Waals surface area contributed by atoms with Crippen LogP contribution in [0.25, 0.3) is 11.3 Å². The molecule has 0 fully saturated rings. The molecule has 6 nitrogen and oxygen atoms in total. The quantitative estimate of drug-likeness (QED) is 0.696. The number of rotatable bonds is 5. The Morgan fingerprint density at radius 2 is 2.00 bits per heavy atom. The SMILES string of the molecule is Cc1ccc2c(c1)CN(CCNC(=O)c1c(-c3ccccc3)noc1C)CC(C)O2. The smallest absolute Gasteiger partial charge is 0.257 e. The zero-order valence-corrected chi connectivity index (χ0v) is 17.6. The number of benzene rings is 2. The van der Waals surface area contributed by atoms with Gasteiger partial charge in [-0.3, -0.25) is 9.69 Å². The number of carbonyl (C=O) groups excluding carboxylic acids is 1. The Morgan fingerprint density at radius 3 is 2.80 bits per heavy atom. The van der Waals surface area contributed by atoms with Crippen LogP contribution in [0.3, 0.4) is 0 Å². The summed E-state index contributed by atoms with van der Waals surface area (Å²) in [4.78, 5) is 15.2. The molecule has 4 rings (SSSR count). The normalized spacial score (nSPS) is 16.4. The average Bonchev–Trinajstić information content (AvgIpc) is 3.04. The molecule has 1 N–H and O–H groups in total. The Hall–Kier alpha value is -3.12. The molecule has 0 saturated heterocycles. The van der Waals surface area contributed by atoms with Gasteiger partial charge < -0.3 is 14.6 Å². The van der Waals surface area contributed by atoms with Crippen LogP contribution in [0.1, 0.15) is 34.2 Å². The van der Waals surface area contributed by atoms with Crippen molar-refractivity contribution in [2.45, 2.75) is 33.4 Å². The van der Waals surface area contributed by atoms with Crippen LogP contribution in [0.2, 0.25) is 0 Å². The molecule has 1 amide bonds. The Kier molecular flexibility index (Phi) is 5.86. The van der Waals surface area contributed by atoms with Crippen molar-refractivity contribution in [3.05, 3.63) is 71.0 Å². The van der Waals surface area contributed by atoms with Crippen molar-refractivity contribution in [2.24, 2.45) is 0 Å². The van der Waals surface area contributed by atoms with E-state index in [0.717, 1.165) is 30.9 Å². The highest BCUT2D eigenvalue weighted by Crippen LogP contribution is 2.26. The van der Waals surface area contributed by atoms with Crippen molar-refractivity contribution < 1.29 is 14.1 Å². The maximum absolute atomic E-state index is 12.9. The van der Waals surface area contributed by atoms with Crippen LogP contribution in [0.15, 0.2) is 53.1 Å². The predicted octanol–water partition coefficient (Wildman–Crippen LogP) is 3.97. The van der Waals surface area contributed by atoms with Gasteiger partial charge in [0.2, 0.25) is 0 Å². The highest BCUT2D eigenvalue weighted by molar-refractivity contribution is 6.00. The molecule has 1 aliphatic heterocycles. The first-order chi connectivity index (χ1) is 14.5. The fourth-order valence-electron chi connectivity index (χ4n) is 3.89. The number of aryl methyl sites for hydroxylation is 2. The first kappa shape index (κ1) is 20.2. The number of nitrogens with one attached hydrogen (secondary N) is 1. The number of carbonyl (C=O) groups is 1. The maximum atomic E-state index is 12.9. The number of fused-ring (bicyclic) bond motifs is 1.